The molecule has 0 bridgehead atoms. The third-order valence-corrected chi connectivity index (χ3v) is 7.38. The first-order chi connectivity index (χ1) is 17.1. The van der Waals surface area contributed by atoms with E-state index in [1.54, 1.807) is 13.2 Å². The van der Waals surface area contributed by atoms with Crippen LogP contribution in [0, 0.1) is 17.8 Å². The number of hydrogen-bond acceptors (Lipinski definition) is 4. The fourth-order valence-corrected chi connectivity index (χ4v) is 5.54. The van der Waals surface area contributed by atoms with Crippen molar-refractivity contribution in [2.45, 2.75) is 38.3 Å². The maximum Gasteiger partial charge on any atom is 0.222 e. The quantitative estimate of drug-likeness (QED) is 0.214. The fraction of sp³-hybridized carbons (Fsp3) is 0.333. The zero-order valence-electron chi connectivity index (χ0n) is 20.2. The monoisotopic (exact) mass is 603 g/mol. The molecule has 1 saturated carbocycles. The number of hydrogen-bond donors (Lipinski definition) is 2. The summed E-state index contributed by atoms with van der Waals surface area (Å²) in [6.45, 7) is 3.00. The SMILES string of the molecule is CNC(=O)C1CC(c2ccc(-c3ccc(C#CCn4ccnc4C(C)OPI)cc3)cc2)C1.CO. The lowest BCUT2D eigenvalue weighted by molar-refractivity contribution is -0.127. The molecule has 2 atom stereocenters. The van der Waals surface area contributed by atoms with Gasteiger partial charge in [0.15, 0.2) is 0 Å². The molecule has 0 spiro atoms. The molecule has 1 fully saturated rings. The molecule has 0 aliphatic heterocycles. The molecule has 3 aromatic rings. The lowest BCUT2D eigenvalue weighted by Crippen LogP contribution is -2.35. The first kappa shape index (κ1) is 27.3. The zero-order chi connectivity index (χ0) is 25.2. The second kappa shape index (κ2) is 13.7. The number of imidazole rings is 1. The molecule has 2 aromatic carbocycles. The zero-order valence-corrected chi connectivity index (χ0v) is 23.3. The number of nitrogens with one attached hydrogen (secondary N) is 1. The van der Waals surface area contributed by atoms with E-state index < -0.39 is 0 Å². The molecular formula is C27H31IN3O3P. The average molecular weight is 603 g/mol. The van der Waals surface area contributed by atoms with Crippen molar-refractivity contribution in [3.8, 4) is 23.0 Å². The molecule has 1 aliphatic rings. The lowest BCUT2D eigenvalue weighted by atomic mass is 9.71. The van der Waals surface area contributed by atoms with E-state index in [1.807, 2.05) is 17.7 Å². The van der Waals surface area contributed by atoms with Crippen LogP contribution in [0.2, 0.25) is 0 Å². The number of rotatable bonds is 7. The molecule has 1 aromatic heterocycles. The highest BCUT2D eigenvalue weighted by molar-refractivity contribution is 14.2. The summed E-state index contributed by atoms with van der Waals surface area (Å²) in [7, 11) is 2.71. The number of aromatic nitrogens is 2. The van der Waals surface area contributed by atoms with E-state index in [1.165, 1.54) is 16.7 Å². The molecule has 2 unspecified atom stereocenters. The molecule has 35 heavy (non-hydrogen) atoms. The van der Waals surface area contributed by atoms with E-state index in [0.717, 1.165) is 31.3 Å². The standard InChI is InChI=1S/C26H27IN3O2P.CH4O/c1-18(32-33-27)25-29-13-15-30(25)14-3-4-19-5-7-20(8-6-19)21-9-11-22(12-10-21)23-16-24(17-23)26(31)28-2;1-2/h5-13,15,18,23-24,33H,14,16-17H2,1-2H3,(H,28,31);2H,1H3. The van der Waals surface area contributed by atoms with Gasteiger partial charge in [0.25, 0.3) is 0 Å². The van der Waals surface area contributed by atoms with Gasteiger partial charge in [-0.25, -0.2) is 4.98 Å². The Hall–Kier alpha value is -2.24. The number of benzene rings is 2. The van der Waals surface area contributed by atoms with Gasteiger partial charge in [-0.3, -0.25) is 4.79 Å². The smallest absolute Gasteiger partial charge is 0.222 e. The van der Waals surface area contributed by atoms with E-state index in [-0.39, 0.29) is 17.9 Å². The van der Waals surface area contributed by atoms with Crippen LogP contribution in [0.4, 0.5) is 0 Å². The Morgan fingerprint density at radius 3 is 2.43 bits per heavy atom. The van der Waals surface area contributed by atoms with Gasteiger partial charge >= 0.3 is 0 Å². The Morgan fingerprint density at radius 1 is 1.20 bits per heavy atom. The van der Waals surface area contributed by atoms with Gasteiger partial charge in [-0.05, 0) is 76.5 Å². The molecule has 0 saturated heterocycles. The number of aliphatic hydroxyl groups excluding tert-OH is 1. The van der Waals surface area contributed by atoms with E-state index >= 15 is 0 Å². The van der Waals surface area contributed by atoms with Crippen molar-refractivity contribution >= 4 is 34.4 Å². The maximum atomic E-state index is 11.7. The van der Waals surface area contributed by atoms with E-state index in [9.17, 15) is 4.79 Å². The summed E-state index contributed by atoms with van der Waals surface area (Å²) >= 11 is 2.22. The fourth-order valence-electron chi connectivity index (χ4n) is 4.16. The van der Waals surface area contributed by atoms with Crippen LogP contribution in [0.1, 0.15) is 48.7 Å². The van der Waals surface area contributed by atoms with Crippen LogP contribution >= 0.6 is 28.5 Å². The maximum absolute atomic E-state index is 11.7. The number of amides is 1. The lowest BCUT2D eigenvalue weighted by Gasteiger charge is -2.34. The minimum Gasteiger partial charge on any atom is -0.400 e. The largest absolute Gasteiger partial charge is 0.400 e. The van der Waals surface area contributed by atoms with Crippen molar-refractivity contribution in [2.24, 2.45) is 5.92 Å². The summed E-state index contributed by atoms with van der Waals surface area (Å²) < 4.78 is 7.69. The summed E-state index contributed by atoms with van der Waals surface area (Å²) in [6, 6.07) is 17.1. The summed E-state index contributed by atoms with van der Waals surface area (Å²) in [6.07, 6.45) is 5.58. The van der Waals surface area contributed by atoms with E-state index in [2.05, 4.69) is 92.7 Å². The normalized spacial score (nSPS) is 17.5. The number of aliphatic hydroxyl groups is 1. The van der Waals surface area contributed by atoms with Gasteiger partial charge in [0, 0.05) is 38.0 Å². The number of halogens is 1. The van der Waals surface area contributed by atoms with Crippen molar-refractivity contribution in [3.63, 3.8) is 0 Å². The Morgan fingerprint density at radius 2 is 1.83 bits per heavy atom. The van der Waals surface area contributed by atoms with E-state index in [0.29, 0.717) is 18.9 Å². The summed E-state index contributed by atoms with van der Waals surface area (Å²) in [5, 5.41) is 9.75. The Kier molecular flexibility index (Phi) is 10.7. The van der Waals surface area contributed by atoms with Crippen LogP contribution in [0.5, 0.6) is 0 Å². The molecule has 0 radical (unpaired) electrons. The van der Waals surface area contributed by atoms with Crippen LogP contribution < -0.4 is 5.32 Å². The first-order valence-corrected chi connectivity index (χ1v) is 15.5. The van der Waals surface area contributed by atoms with Gasteiger partial charge in [-0.1, -0.05) is 48.2 Å². The number of nitrogens with zero attached hydrogens (tertiary/aromatic N) is 2. The predicted molar refractivity (Wildman–Crippen MR) is 150 cm³/mol. The number of carbonyl (C=O) groups is 1. The molecule has 4 rings (SSSR count). The van der Waals surface area contributed by atoms with Gasteiger partial charge in [0.2, 0.25) is 5.91 Å². The molecule has 2 N–H and O–H groups in total. The topological polar surface area (TPSA) is 76.4 Å². The second-order valence-electron chi connectivity index (χ2n) is 8.23. The first-order valence-electron chi connectivity index (χ1n) is 11.5. The third-order valence-electron chi connectivity index (χ3n) is 6.17. The summed E-state index contributed by atoms with van der Waals surface area (Å²) in [5.41, 5.74) is 4.67. The van der Waals surface area contributed by atoms with Gasteiger partial charge in [-0.2, -0.15) is 0 Å². The molecule has 1 heterocycles. The molecule has 1 aliphatic carbocycles. The summed E-state index contributed by atoms with van der Waals surface area (Å²) in [5.74, 6) is 8.21. The highest BCUT2D eigenvalue weighted by Crippen LogP contribution is 2.42. The highest BCUT2D eigenvalue weighted by Gasteiger charge is 2.34. The van der Waals surface area contributed by atoms with Crippen molar-refractivity contribution in [2.75, 3.05) is 14.2 Å². The van der Waals surface area contributed by atoms with Crippen LogP contribution in [-0.2, 0) is 15.9 Å². The Bertz CT molecular complexity index is 1150. The van der Waals surface area contributed by atoms with Crippen molar-refractivity contribution < 1.29 is 14.4 Å². The molecule has 1 amide bonds. The van der Waals surface area contributed by atoms with Gasteiger partial charge in [0.05, 0.1) is 13.0 Å². The molecule has 184 valence electrons. The minimum absolute atomic E-state index is 0.0377. The van der Waals surface area contributed by atoms with E-state index in [4.69, 9.17) is 9.63 Å². The molecule has 6 nitrogen and oxygen atoms in total. The van der Waals surface area contributed by atoms with Gasteiger partial charge in [-0.15, -0.1) is 0 Å². The molecular weight excluding hydrogens is 572 g/mol. The number of carbonyl (C=O) groups excluding carboxylic acids is 1. The Balaban J connectivity index is 0.00000167. The molecule has 8 heteroatoms. The van der Waals surface area contributed by atoms with Crippen LogP contribution in [0.3, 0.4) is 0 Å². The van der Waals surface area contributed by atoms with Crippen LogP contribution in [0.15, 0.2) is 60.9 Å². The van der Waals surface area contributed by atoms with Crippen LogP contribution in [-0.4, -0.2) is 34.7 Å². The average Bonchev–Trinajstić information content (AvgIpc) is 3.34. The minimum atomic E-state index is -0.0377. The van der Waals surface area contributed by atoms with Crippen molar-refractivity contribution in [1.29, 1.82) is 0 Å². The second-order valence-corrected chi connectivity index (χ2v) is 9.94. The van der Waals surface area contributed by atoms with Gasteiger partial charge < -0.3 is 19.5 Å². The summed E-state index contributed by atoms with van der Waals surface area (Å²) in [4.78, 5) is 16.1. The third kappa shape index (κ3) is 7.14. The Labute approximate surface area is 222 Å². The van der Waals surface area contributed by atoms with Crippen molar-refractivity contribution in [3.05, 3.63) is 77.9 Å². The highest BCUT2D eigenvalue weighted by atomic mass is 127. The van der Waals surface area contributed by atoms with Gasteiger partial charge in [0.1, 0.15) is 11.9 Å². The predicted octanol–water partition coefficient (Wildman–Crippen LogP) is 5.47. The van der Waals surface area contributed by atoms with Crippen LogP contribution in [0.25, 0.3) is 11.1 Å². The van der Waals surface area contributed by atoms with Crippen molar-refractivity contribution in [1.82, 2.24) is 14.9 Å².